The zero-order chi connectivity index (χ0) is 14.1. The van der Waals surface area contributed by atoms with E-state index in [0.717, 1.165) is 41.3 Å². The molecule has 0 saturated heterocycles. The number of ether oxygens (including phenoxy) is 1. The standard InChI is InChI=1S/C16H15NO3/c1-20-15(18)8-6-10-5-7-12-11-3-2-4-13(11)16(19)17-14(12)9-10/h5-9H,2-4H2,1H3,(H,17,19). The lowest BCUT2D eigenvalue weighted by molar-refractivity contribution is -0.134. The highest BCUT2D eigenvalue weighted by Gasteiger charge is 2.17. The summed E-state index contributed by atoms with van der Waals surface area (Å²) in [5.41, 5.74) is 3.79. The number of aromatic amines is 1. The highest BCUT2D eigenvalue weighted by atomic mass is 16.5. The van der Waals surface area contributed by atoms with Crippen molar-refractivity contribution in [1.82, 2.24) is 4.98 Å². The Morgan fingerprint density at radius 2 is 2.10 bits per heavy atom. The van der Waals surface area contributed by atoms with Gasteiger partial charge in [0.2, 0.25) is 0 Å². The Balaban J connectivity index is 2.09. The van der Waals surface area contributed by atoms with Gasteiger partial charge >= 0.3 is 5.97 Å². The molecule has 0 radical (unpaired) electrons. The van der Waals surface area contributed by atoms with E-state index in [2.05, 4.69) is 9.72 Å². The lowest BCUT2D eigenvalue weighted by Crippen LogP contribution is -2.12. The average Bonchev–Trinajstić information content (AvgIpc) is 2.94. The Morgan fingerprint density at radius 1 is 1.30 bits per heavy atom. The molecule has 0 spiro atoms. The first kappa shape index (κ1) is 12.7. The number of aryl methyl sites for hydroxylation is 1. The van der Waals surface area contributed by atoms with Crippen molar-refractivity contribution >= 4 is 22.9 Å². The summed E-state index contributed by atoms with van der Waals surface area (Å²) < 4.78 is 4.56. The van der Waals surface area contributed by atoms with Gasteiger partial charge in [-0.1, -0.05) is 12.1 Å². The summed E-state index contributed by atoms with van der Waals surface area (Å²) in [6.45, 7) is 0. The Hall–Kier alpha value is -2.36. The van der Waals surface area contributed by atoms with Gasteiger partial charge in [-0.3, -0.25) is 4.79 Å². The summed E-state index contributed by atoms with van der Waals surface area (Å²) in [7, 11) is 1.34. The van der Waals surface area contributed by atoms with Gasteiger partial charge in [0.25, 0.3) is 5.56 Å². The molecule has 4 heteroatoms. The number of carbonyl (C=O) groups excluding carboxylic acids is 1. The molecule has 2 aromatic rings. The molecule has 1 aliphatic carbocycles. The maximum atomic E-state index is 12.0. The molecule has 3 rings (SSSR count). The predicted octanol–water partition coefficient (Wildman–Crippen LogP) is 2.20. The molecule has 0 atom stereocenters. The van der Waals surface area contributed by atoms with Crippen LogP contribution in [0.25, 0.3) is 17.0 Å². The first-order chi connectivity index (χ1) is 9.69. The van der Waals surface area contributed by atoms with E-state index in [1.54, 1.807) is 6.08 Å². The van der Waals surface area contributed by atoms with Crippen LogP contribution in [-0.2, 0) is 22.4 Å². The molecular formula is C16H15NO3. The molecule has 0 fully saturated rings. The fourth-order valence-electron chi connectivity index (χ4n) is 2.75. The number of benzene rings is 1. The highest BCUT2D eigenvalue weighted by molar-refractivity contribution is 5.89. The Kier molecular flexibility index (Phi) is 3.14. The van der Waals surface area contributed by atoms with Crippen LogP contribution in [0.3, 0.4) is 0 Å². The number of pyridine rings is 1. The van der Waals surface area contributed by atoms with E-state index in [1.807, 2.05) is 18.2 Å². The van der Waals surface area contributed by atoms with Crippen LogP contribution in [0.15, 0.2) is 29.1 Å². The second kappa shape index (κ2) is 4.96. The van der Waals surface area contributed by atoms with Gasteiger partial charge in [0.1, 0.15) is 0 Å². The smallest absolute Gasteiger partial charge is 0.330 e. The molecule has 0 unspecified atom stereocenters. The number of fused-ring (bicyclic) bond motifs is 3. The molecule has 0 bridgehead atoms. The molecule has 0 amide bonds. The second-order valence-electron chi connectivity index (χ2n) is 4.93. The number of aromatic nitrogens is 1. The summed E-state index contributed by atoms with van der Waals surface area (Å²) in [6.07, 6.45) is 5.92. The van der Waals surface area contributed by atoms with Gasteiger partial charge in [-0.05, 0) is 42.5 Å². The molecule has 20 heavy (non-hydrogen) atoms. The largest absolute Gasteiger partial charge is 0.466 e. The van der Waals surface area contributed by atoms with Crippen molar-refractivity contribution in [2.24, 2.45) is 0 Å². The van der Waals surface area contributed by atoms with Crippen molar-refractivity contribution in [2.45, 2.75) is 19.3 Å². The van der Waals surface area contributed by atoms with Gasteiger partial charge in [-0.15, -0.1) is 0 Å². The number of nitrogens with one attached hydrogen (secondary N) is 1. The molecule has 1 aromatic carbocycles. The summed E-state index contributed by atoms with van der Waals surface area (Å²) >= 11 is 0. The van der Waals surface area contributed by atoms with E-state index in [4.69, 9.17) is 0 Å². The minimum Gasteiger partial charge on any atom is -0.466 e. The van der Waals surface area contributed by atoms with Crippen molar-refractivity contribution in [3.63, 3.8) is 0 Å². The number of rotatable bonds is 2. The maximum absolute atomic E-state index is 12.0. The van der Waals surface area contributed by atoms with Gasteiger partial charge in [-0.2, -0.15) is 0 Å². The zero-order valence-corrected chi connectivity index (χ0v) is 11.2. The fraction of sp³-hybridized carbons (Fsp3) is 0.250. The first-order valence-electron chi connectivity index (χ1n) is 6.63. The van der Waals surface area contributed by atoms with Crippen molar-refractivity contribution in [3.05, 3.63) is 51.3 Å². The van der Waals surface area contributed by atoms with E-state index >= 15 is 0 Å². The number of carbonyl (C=O) groups is 1. The van der Waals surface area contributed by atoms with Crippen LogP contribution in [0.2, 0.25) is 0 Å². The molecule has 0 aliphatic heterocycles. The third-order valence-electron chi connectivity index (χ3n) is 3.72. The van der Waals surface area contributed by atoms with E-state index in [0.29, 0.717) is 0 Å². The molecular weight excluding hydrogens is 254 g/mol. The van der Waals surface area contributed by atoms with Crippen LogP contribution in [0.1, 0.15) is 23.1 Å². The van der Waals surface area contributed by atoms with Crippen molar-refractivity contribution < 1.29 is 9.53 Å². The van der Waals surface area contributed by atoms with Gasteiger partial charge in [0.05, 0.1) is 7.11 Å². The Labute approximate surface area is 116 Å². The number of hydrogen-bond acceptors (Lipinski definition) is 3. The second-order valence-corrected chi connectivity index (χ2v) is 4.93. The topological polar surface area (TPSA) is 59.2 Å². The lowest BCUT2D eigenvalue weighted by atomic mass is 10.0. The van der Waals surface area contributed by atoms with Crippen molar-refractivity contribution in [1.29, 1.82) is 0 Å². The van der Waals surface area contributed by atoms with Gasteiger partial charge in [-0.25, -0.2) is 4.79 Å². The fourth-order valence-corrected chi connectivity index (χ4v) is 2.75. The SMILES string of the molecule is COC(=O)C=Cc1ccc2c3c(c(=O)[nH]c2c1)CCC3. The van der Waals surface area contributed by atoms with Crippen LogP contribution in [-0.4, -0.2) is 18.1 Å². The maximum Gasteiger partial charge on any atom is 0.330 e. The number of esters is 1. The van der Waals surface area contributed by atoms with E-state index < -0.39 is 5.97 Å². The molecule has 1 heterocycles. The van der Waals surface area contributed by atoms with Crippen LogP contribution >= 0.6 is 0 Å². The van der Waals surface area contributed by atoms with E-state index in [9.17, 15) is 9.59 Å². The summed E-state index contributed by atoms with van der Waals surface area (Å²) in [4.78, 5) is 26.0. The highest BCUT2D eigenvalue weighted by Crippen LogP contribution is 2.26. The average molecular weight is 269 g/mol. The Bertz CT molecular complexity index is 771. The van der Waals surface area contributed by atoms with Gasteiger partial charge in [0, 0.05) is 22.5 Å². The molecule has 1 N–H and O–H groups in total. The summed E-state index contributed by atoms with van der Waals surface area (Å²) in [5, 5.41) is 1.10. The molecule has 1 aliphatic rings. The molecule has 4 nitrogen and oxygen atoms in total. The third kappa shape index (κ3) is 2.13. The molecule has 1 aromatic heterocycles. The minimum atomic E-state index is -0.396. The van der Waals surface area contributed by atoms with E-state index in [1.165, 1.54) is 18.7 Å². The van der Waals surface area contributed by atoms with Crippen molar-refractivity contribution in [2.75, 3.05) is 7.11 Å². The van der Waals surface area contributed by atoms with E-state index in [-0.39, 0.29) is 5.56 Å². The van der Waals surface area contributed by atoms with Crippen LogP contribution in [0.5, 0.6) is 0 Å². The number of H-pyrrole nitrogens is 1. The van der Waals surface area contributed by atoms with Crippen LogP contribution < -0.4 is 5.56 Å². The minimum absolute atomic E-state index is 0.0131. The predicted molar refractivity (Wildman–Crippen MR) is 77.6 cm³/mol. The summed E-state index contributed by atoms with van der Waals surface area (Å²) in [5.74, 6) is -0.396. The van der Waals surface area contributed by atoms with Crippen LogP contribution in [0.4, 0.5) is 0 Å². The first-order valence-corrected chi connectivity index (χ1v) is 6.63. The Morgan fingerprint density at radius 3 is 2.90 bits per heavy atom. The van der Waals surface area contributed by atoms with Gasteiger partial charge in [0.15, 0.2) is 0 Å². The molecule has 0 saturated carbocycles. The summed E-state index contributed by atoms with van der Waals surface area (Å²) in [6, 6.07) is 5.83. The number of methoxy groups -OCH3 is 1. The normalized spacial score (nSPS) is 13.8. The van der Waals surface area contributed by atoms with Gasteiger partial charge < -0.3 is 9.72 Å². The molecule has 102 valence electrons. The van der Waals surface area contributed by atoms with Crippen molar-refractivity contribution in [3.8, 4) is 0 Å². The number of hydrogen-bond donors (Lipinski definition) is 1. The van der Waals surface area contributed by atoms with Crippen LogP contribution in [0, 0.1) is 0 Å². The monoisotopic (exact) mass is 269 g/mol. The third-order valence-corrected chi connectivity index (χ3v) is 3.72. The zero-order valence-electron chi connectivity index (χ0n) is 11.2. The lowest BCUT2D eigenvalue weighted by Gasteiger charge is -2.05. The quantitative estimate of drug-likeness (QED) is 0.671.